The molecule has 2 rings (SSSR count). The predicted molar refractivity (Wildman–Crippen MR) is 96.8 cm³/mol. The average Bonchev–Trinajstić information content (AvgIpc) is 2.46. The summed E-state index contributed by atoms with van der Waals surface area (Å²) in [5, 5.41) is 0.173. The van der Waals surface area contributed by atoms with E-state index < -0.39 is 8.32 Å². The fourth-order valence-electron chi connectivity index (χ4n) is 2.32. The van der Waals surface area contributed by atoms with Gasteiger partial charge in [0.25, 0.3) is 0 Å². The van der Waals surface area contributed by atoms with E-state index in [2.05, 4.69) is 46.0 Å². The lowest BCUT2D eigenvalue weighted by Gasteiger charge is -2.42. The van der Waals surface area contributed by atoms with Crippen LogP contribution in [0, 0.1) is 0 Å². The first kappa shape index (κ1) is 18.2. The third kappa shape index (κ3) is 4.69. The van der Waals surface area contributed by atoms with E-state index in [1.807, 2.05) is 31.2 Å². The average molecular weight is 335 g/mol. The van der Waals surface area contributed by atoms with Crippen LogP contribution in [0.2, 0.25) is 18.1 Å². The van der Waals surface area contributed by atoms with E-state index in [1.165, 1.54) is 5.56 Å². The quantitative estimate of drug-likeness (QED) is 0.717. The number of hydrogen-bond donors (Lipinski definition) is 0. The van der Waals surface area contributed by atoms with Crippen LogP contribution < -0.4 is 0 Å². The van der Waals surface area contributed by atoms with Crippen LogP contribution in [0.5, 0.6) is 0 Å². The molecule has 1 aliphatic rings. The van der Waals surface area contributed by atoms with E-state index in [1.54, 1.807) is 6.26 Å². The molecule has 23 heavy (non-hydrogen) atoms. The zero-order chi connectivity index (χ0) is 17.1. The maximum absolute atomic E-state index is 6.56. The van der Waals surface area contributed by atoms with Crippen LogP contribution in [0.3, 0.4) is 0 Å². The summed E-state index contributed by atoms with van der Waals surface area (Å²) < 4.78 is 18.4. The maximum Gasteiger partial charge on any atom is 0.193 e. The molecule has 0 bridgehead atoms. The van der Waals surface area contributed by atoms with E-state index in [0.29, 0.717) is 6.61 Å². The largest absolute Gasteiger partial charge is 0.496 e. The van der Waals surface area contributed by atoms with Crippen LogP contribution in [-0.4, -0.2) is 26.6 Å². The summed E-state index contributed by atoms with van der Waals surface area (Å²) in [6.07, 6.45) is 3.59. The number of benzene rings is 1. The maximum atomic E-state index is 6.56. The minimum absolute atomic E-state index is 0.0153. The van der Waals surface area contributed by atoms with Crippen molar-refractivity contribution in [1.82, 2.24) is 0 Å². The van der Waals surface area contributed by atoms with Crippen LogP contribution in [-0.2, 0) is 20.5 Å². The zero-order valence-electron chi connectivity index (χ0n) is 15.2. The molecule has 3 atom stereocenters. The van der Waals surface area contributed by atoms with Gasteiger partial charge in [0.2, 0.25) is 0 Å². The Balaban J connectivity index is 2.07. The van der Waals surface area contributed by atoms with Crippen LogP contribution >= 0.6 is 0 Å². The zero-order valence-corrected chi connectivity index (χ0v) is 16.2. The van der Waals surface area contributed by atoms with Gasteiger partial charge in [-0.2, -0.15) is 0 Å². The van der Waals surface area contributed by atoms with Crippen molar-refractivity contribution in [3.05, 3.63) is 48.2 Å². The highest BCUT2D eigenvalue weighted by Crippen LogP contribution is 2.38. The molecule has 0 aromatic heterocycles. The predicted octanol–water partition coefficient (Wildman–Crippen LogP) is 4.89. The number of rotatable bonds is 5. The number of hydrogen-bond acceptors (Lipinski definition) is 3. The van der Waals surface area contributed by atoms with Crippen LogP contribution in [0.4, 0.5) is 0 Å². The second kappa shape index (κ2) is 7.20. The summed E-state index contributed by atoms with van der Waals surface area (Å²) in [6.45, 7) is 13.9. The highest BCUT2D eigenvalue weighted by atomic mass is 28.4. The fourth-order valence-corrected chi connectivity index (χ4v) is 3.57. The van der Waals surface area contributed by atoms with Crippen LogP contribution in [0.15, 0.2) is 42.7 Å². The van der Waals surface area contributed by atoms with Crippen molar-refractivity contribution in [3.8, 4) is 0 Å². The molecule has 0 saturated carbocycles. The first-order valence-corrected chi connectivity index (χ1v) is 11.3. The van der Waals surface area contributed by atoms with E-state index in [4.69, 9.17) is 13.9 Å². The van der Waals surface area contributed by atoms with Gasteiger partial charge in [-0.1, -0.05) is 51.1 Å². The van der Waals surface area contributed by atoms with Gasteiger partial charge in [0, 0.05) is 0 Å². The molecular weight excluding hydrogens is 304 g/mol. The normalized spacial score (nSPS) is 25.2. The minimum atomic E-state index is -1.86. The molecule has 0 aliphatic carbocycles. The lowest BCUT2D eigenvalue weighted by molar-refractivity contribution is -0.0977. The summed E-state index contributed by atoms with van der Waals surface area (Å²) in [4.78, 5) is 0. The lowest BCUT2D eigenvalue weighted by atomic mass is 10.1. The Bertz CT molecular complexity index is 519. The Labute approximate surface area is 141 Å². The summed E-state index contributed by atoms with van der Waals surface area (Å²) in [7, 11) is -1.86. The van der Waals surface area contributed by atoms with Gasteiger partial charge in [0.15, 0.2) is 8.32 Å². The van der Waals surface area contributed by atoms with E-state index in [0.717, 1.165) is 0 Å². The fraction of sp³-hybridized carbons (Fsp3) is 0.579. The third-order valence-corrected chi connectivity index (χ3v) is 9.34. The van der Waals surface area contributed by atoms with Gasteiger partial charge in [-0.05, 0) is 36.7 Å². The van der Waals surface area contributed by atoms with E-state index in [9.17, 15) is 0 Å². The van der Waals surface area contributed by atoms with Crippen molar-refractivity contribution in [1.29, 1.82) is 0 Å². The van der Waals surface area contributed by atoms with Crippen LogP contribution in [0.1, 0.15) is 33.3 Å². The SMILES string of the molecule is C[C@H]1OC=C[C@@H](O[Si](C)(C)C(C)(C)C)[C@@H]1OCc1ccccc1. The molecule has 0 amide bonds. The molecule has 0 spiro atoms. The van der Waals surface area contributed by atoms with Crippen molar-refractivity contribution >= 4 is 8.32 Å². The van der Waals surface area contributed by atoms with Crippen molar-refractivity contribution in [3.63, 3.8) is 0 Å². The highest BCUT2D eigenvalue weighted by Gasteiger charge is 2.42. The Kier molecular flexibility index (Phi) is 5.71. The van der Waals surface area contributed by atoms with Gasteiger partial charge in [-0.3, -0.25) is 0 Å². The molecule has 128 valence electrons. The Morgan fingerprint density at radius 1 is 1.13 bits per heavy atom. The molecule has 1 aromatic carbocycles. The van der Waals surface area contributed by atoms with Gasteiger partial charge in [0.1, 0.15) is 12.2 Å². The van der Waals surface area contributed by atoms with Gasteiger partial charge in [0.05, 0.1) is 19.0 Å². The summed E-state index contributed by atoms with van der Waals surface area (Å²) in [5.41, 5.74) is 1.17. The molecule has 1 aromatic rings. The minimum Gasteiger partial charge on any atom is -0.496 e. The molecule has 1 heterocycles. The smallest absolute Gasteiger partial charge is 0.193 e. The van der Waals surface area contributed by atoms with Gasteiger partial charge in [-0.15, -0.1) is 0 Å². The Morgan fingerprint density at radius 3 is 2.39 bits per heavy atom. The molecule has 0 fully saturated rings. The van der Waals surface area contributed by atoms with Crippen LogP contribution in [0.25, 0.3) is 0 Å². The monoisotopic (exact) mass is 334 g/mol. The summed E-state index contributed by atoms with van der Waals surface area (Å²) in [6, 6.07) is 10.2. The van der Waals surface area contributed by atoms with Gasteiger partial charge < -0.3 is 13.9 Å². The molecule has 0 N–H and O–H groups in total. The Hall–Kier alpha value is -1.10. The second-order valence-electron chi connectivity index (χ2n) is 7.77. The highest BCUT2D eigenvalue weighted by molar-refractivity contribution is 6.74. The van der Waals surface area contributed by atoms with Gasteiger partial charge in [-0.25, -0.2) is 0 Å². The van der Waals surface area contributed by atoms with E-state index in [-0.39, 0.29) is 23.4 Å². The van der Waals surface area contributed by atoms with Crippen molar-refractivity contribution < 1.29 is 13.9 Å². The molecule has 3 nitrogen and oxygen atoms in total. The van der Waals surface area contributed by atoms with Crippen molar-refractivity contribution in [2.24, 2.45) is 0 Å². The topological polar surface area (TPSA) is 27.7 Å². The third-order valence-electron chi connectivity index (χ3n) is 4.87. The van der Waals surface area contributed by atoms with Gasteiger partial charge >= 0.3 is 0 Å². The van der Waals surface area contributed by atoms with Crippen molar-refractivity contribution in [2.75, 3.05) is 0 Å². The standard InChI is InChI=1S/C19H30O3Si/c1-15-18(21-14-16-10-8-7-9-11-16)17(12-13-20-15)22-23(5,6)19(2,3)4/h7-13,15,17-18H,14H2,1-6H3/t15-,17-,18-/m1/s1. The summed E-state index contributed by atoms with van der Waals surface area (Å²) in [5.74, 6) is 0. The molecule has 0 unspecified atom stereocenters. The lowest BCUT2D eigenvalue weighted by Crippen LogP contribution is -2.50. The number of ether oxygens (including phenoxy) is 2. The molecule has 1 aliphatic heterocycles. The first-order valence-electron chi connectivity index (χ1n) is 8.36. The molecule has 0 saturated heterocycles. The Morgan fingerprint density at radius 2 is 1.78 bits per heavy atom. The van der Waals surface area contributed by atoms with E-state index >= 15 is 0 Å². The molecule has 4 heteroatoms. The first-order chi connectivity index (χ1) is 10.7. The second-order valence-corrected chi connectivity index (χ2v) is 12.5. The molecule has 0 radical (unpaired) electrons. The van der Waals surface area contributed by atoms with Crippen molar-refractivity contribution in [2.45, 2.75) is 70.7 Å². The molecular formula is C19H30O3Si. The summed E-state index contributed by atoms with van der Waals surface area (Å²) >= 11 is 0.